The minimum absolute atomic E-state index is 0. The Kier molecular flexibility index (Phi) is 12.8. The molecular weight excluding hydrogens is 979 g/mol. The van der Waals surface area contributed by atoms with Crippen molar-refractivity contribution in [3.8, 4) is 39.5 Å². The van der Waals surface area contributed by atoms with Gasteiger partial charge in [-0.1, -0.05) is 107 Å². The zero-order valence-electron chi connectivity index (χ0n) is 38.8. The van der Waals surface area contributed by atoms with E-state index < -0.39 is 8.07 Å². The van der Waals surface area contributed by atoms with Gasteiger partial charge in [-0.3, -0.25) is 15.0 Å². The van der Waals surface area contributed by atoms with Crippen molar-refractivity contribution < 1.29 is 24.5 Å². The van der Waals surface area contributed by atoms with Crippen molar-refractivity contribution in [1.82, 2.24) is 24.5 Å². The van der Waals surface area contributed by atoms with Crippen LogP contribution in [0.25, 0.3) is 72.4 Å². The summed E-state index contributed by atoms with van der Waals surface area (Å²) in [7, 11) is -1.31. The second-order valence-electron chi connectivity index (χ2n) is 18.9. The monoisotopic (exact) mass is 1040 g/mol. The Morgan fingerprint density at radius 2 is 1.39 bits per heavy atom. The smallest absolute Gasteiger partial charge is 0.142 e. The molecule has 5 heterocycles. The average molecular weight is 1040 g/mol. The third kappa shape index (κ3) is 8.21. The third-order valence-electron chi connectivity index (χ3n) is 12.7. The first-order valence-electron chi connectivity index (χ1n) is 22.6. The van der Waals surface area contributed by atoms with E-state index in [0.717, 1.165) is 72.6 Å². The summed E-state index contributed by atoms with van der Waals surface area (Å²) in [5, 5.41) is 3.70. The van der Waals surface area contributed by atoms with Crippen LogP contribution >= 0.6 is 0 Å². The van der Waals surface area contributed by atoms with E-state index in [1.54, 1.807) is 10.8 Å². The number of fused-ring (bicyclic) bond motifs is 5. The molecule has 9 aromatic rings. The Labute approximate surface area is 393 Å². The summed E-state index contributed by atoms with van der Waals surface area (Å²) < 4.78 is 8.97. The molecule has 4 aromatic carbocycles. The average Bonchev–Trinajstić information content (AvgIpc) is 3.88. The number of hydrogen-bond donors (Lipinski definition) is 0. The number of imidazole rings is 1. The molecule has 64 heavy (non-hydrogen) atoms. The van der Waals surface area contributed by atoms with Crippen LogP contribution in [0, 0.1) is 32.9 Å². The van der Waals surface area contributed by atoms with Gasteiger partial charge < -0.3 is 14.0 Å². The van der Waals surface area contributed by atoms with E-state index in [-0.39, 0.29) is 31.9 Å². The Bertz CT molecular complexity index is 3110. The molecule has 0 unspecified atom stereocenters. The van der Waals surface area contributed by atoms with Crippen molar-refractivity contribution in [2.45, 2.75) is 106 Å². The van der Waals surface area contributed by atoms with Crippen LogP contribution in [0.5, 0.6) is 0 Å². The second kappa shape index (κ2) is 18.2. The summed E-state index contributed by atoms with van der Waals surface area (Å²) in [5.74, 6) is 1.33. The topological polar surface area (TPSA) is 69.6 Å². The van der Waals surface area contributed by atoms with Crippen LogP contribution in [0.15, 0.2) is 108 Å². The molecule has 0 saturated heterocycles. The largest absolute Gasteiger partial charge is 0.499 e. The van der Waals surface area contributed by atoms with Crippen molar-refractivity contribution in [2.75, 3.05) is 0 Å². The Morgan fingerprint density at radius 1 is 0.719 bits per heavy atom. The van der Waals surface area contributed by atoms with Crippen molar-refractivity contribution in [3.05, 3.63) is 155 Å². The second-order valence-corrected chi connectivity index (χ2v) is 23.9. The molecule has 327 valence electrons. The molecule has 0 aliphatic heterocycles. The van der Waals surface area contributed by atoms with Gasteiger partial charge in [-0.25, -0.2) is 0 Å². The zero-order chi connectivity index (χ0) is 44.2. The van der Waals surface area contributed by atoms with E-state index in [0.29, 0.717) is 0 Å². The number of hydrogen-bond acceptors (Lipinski definition) is 5. The minimum atomic E-state index is -1.31. The van der Waals surface area contributed by atoms with Crippen LogP contribution in [-0.4, -0.2) is 32.6 Å². The molecule has 0 bridgehead atoms. The first kappa shape index (κ1) is 45.1. The van der Waals surface area contributed by atoms with Crippen molar-refractivity contribution in [3.63, 3.8) is 0 Å². The summed E-state index contributed by atoms with van der Waals surface area (Å²) in [6.07, 6.45) is 10.9. The van der Waals surface area contributed by atoms with E-state index in [1.807, 2.05) is 43.6 Å². The summed E-state index contributed by atoms with van der Waals surface area (Å²) in [5.41, 5.74) is 18.8. The van der Waals surface area contributed by atoms with E-state index >= 15 is 0 Å². The Balaban J connectivity index is 0.000000224. The first-order chi connectivity index (χ1) is 30.3. The summed E-state index contributed by atoms with van der Waals surface area (Å²) in [4.78, 5) is 19.4. The molecule has 0 fully saturated rings. The minimum Gasteiger partial charge on any atom is -0.499 e. The van der Waals surface area contributed by atoms with Gasteiger partial charge in [-0.05, 0) is 109 Å². The maximum atomic E-state index is 6.64. The fraction of sp³-hybridized carbons (Fsp3) is 0.286. The van der Waals surface area contributed by atoms with E-state index in [9.17, 15) is 0 Å². The van der Waals surface area contributed by atoms with Gasteiger partial charge in [0.25, 0.3) is 0 Å². The van der Waals surface area contributed by atoms with Gasteiger partial charge in [-0.15, -0.1) is 53.6 Å². The molecule has 5 aromatic heterocycles. The van der Waals surface area contributed by atoms with Crippen LogP contribution in [0.4, 0.5) is 0 Å². The van der Waals surface area contributed by atoms with E-state index in [1.165, 1.54) is 59.2 Å². The number of rotatable bonds is 7. The predicted octanol–water partition coefficient (Wildman–Crippen LogP) is 14.0. The third-order valence-corrected chi connectivity index (χ3v) is 14.8. The molecular formula is C56H57IrN5OSi-2. The zero-order valence-corrected chi connectivity index (χ0v) is 42.2. The SMILES string of the molecule is C[Si](C)(C)c1cnc(-c2[c-]cccc2)c2c1CCCC2.Cc1nccc2c1oc1c(-c3nc4ccnc(C)c4n3-c3c(C(C)C)cc(-c4ccccc4)cc3C(C)C)[c-]cc(C)c12.[Ir]. The van der Waals surface area contributed by atoms with E-state index in [2.05, 4.69) is 150 Å². The maximum Gasteiger partial charge on any atom is 0.142 e. The van der Waals surface area contributed by atoms with Crippen molar-refractivity contribution >= 4 is 46.2 Å². The standard InChI is InChI=1S/C38H35N4O.C18H22NSi.Ir/c1-21(2)30-19-27(26-11-9-8-10-12-26)20-31(22(3)4)35(30)42-34-24(6)39-18-16-32(34)41-38(42)29-14-13-23(5)33-28-15-17-40-25(7)36(28)43-37(29)33;1-20(2,3)17-13-19-18(14-9-5-4-6-10-14)16-12-8-7-11-15(16)17;/h8-13,15-22H,1-7H3;4-6,9,13H,7-8,11-12H2,1-3H3;/q2*-1;. The first-order valence-corrected chi connectivity index (χ1v) is 26.1. The molecule has 0 saturated carbocycles. The van der Waals surface area contributed by atoms with Crippen molar-refractivity contribution in [1.29, 1.82) is 0 Å². The van der Waals surface area contributed by atoms with Gasteiger partial charge in [0.15, 0.2) is 0 Å². The van der Waals surface area contributed by atoms with Gasteiger partial charge in [-0.2, -0.15) is 0 Å². The normalized spacial score (nSPS) is 12.8. The Morgan fingerprint density at radius 3 is 2.06 bits per heavy atom. The van der Waals surface area contributed by atoms with Gasteiger partial charge in [0.1, 0.15) is 5.58 Å². The number of nitrogens with zero attached hydrogens (tertiary/aromatic N) is 5. The molecule has 6 nitrogen and oxygen atoms in total. The predicted molar refractivity (Wildman–Crippen MR) is 264 cm³/mol. The summed E-state index contributed by atoms with van der Waals surface area (Å²) in [6.45, 7) is 22.5. The van der Waals surface area contributed by atoms with Gasteiger partial charge in [0.05, 0.1) is 41.9 Å². The molecule has 1 radical (unpaired) electrons. The van der Waals surface area contributed by atoms with Crippen LogP contribution in [0.1, 0.15) is 91.6 Å². The molecule has 1 aliphatic rings. The van der Waals surface area contributed by atoms with Gasteiger partial charge in [0.2, 0.25) is 0 Å². The Hall–Kier alpha value is -5.53. The van der Waals surface area contributed by atoms with Crippen LogP contribution in [0.3, 0.4) is 0 Å². The number of pyridine rings is 3. The van der Waals surface area contributed by atoms with Crippen LogP contribution < -0.4 is 5.19 Å². The summed E-state index contributed by atoms with van der Waals surface area (Å²) >= 11 is 0. The molecule has 8 heteroatoms. The molecule has 0 amide bonds. The maximum absolute atomic E-state index is 6.64. The molecule has 0 N–H and O–H groups in total. The molecule has 10 rings (SSSR count). The van der Waals surface area contributed by atoms with Crippen LogP contribution in [0.2, 0.25) is 19.6 Å². The molecule has 1 aliphatic carbocycles. The fourth-order valence-corrected chi connectivity index (χ4v) is 11.2. The number of aromatic nitrogens is 5. The molecule has 0 atom stereocenters. The van der Waals surface area contributed by atoms with Gasteiger partial charge in [0, 0.05) is 49.8 Å². The number of furan rings is 1. The van der Waals surface area contributed by atoms with Crippen molar-refractivity contribution in [2.24, 2.45) is 0 Å². The fourth-order valence-electron chi connectivity index (χ4n) is 9.56. The number of benzene rings is 4. The van der Waals surface area contributed by atoms with Crippen LogP contribution in [-0.2, 0) is 32.9 Å². The molecule has 0 spiro atoms. The number of aryl methyl sites for hydroxylation is 3. The van der Waals surface area contributed by atoms with Gasteiger partial charge >= 0.3 is 0 Å². The van der Waals surface area contributed by atoms with E-state index in [4.69, 9.17) is 19.4 Å². The quantitative estimate of drug-likeness (QED) is 0.117. The summed E-state index contributed by atoms with van der Waals surface area (Å²) in [6, 6.07) is 36.6.